The van der Waals surface area contributed by atoms with Gasteiger partial charge >= 0.3 is 0 Å². The summed E-state index contributed by atoms with van der Waals surface area (Å²) in [6.45, 7) is 12.3. The van der Waals surface area contributed by atoms with Crippen molar-refractivity contribution in [2.75, 3.05) is 4.90 Å². The van der Waals surface area contributed by atoms with Crippen molar-refractivity contribution in [3.8, 4) is 0 Å². The second-order valence-corrected chi connectivity index (χ2v) is 14.5. The minimum absolute atomic E-state index is 0.0557. The number of fused-ring (bicyclic) bond motifs is 1. The number of amides is 2. The highest BCUT2D eigenvalue weighted by molar-refractivity contribution is 6.75. The summed E-state index contributed by atoms with van der Waals surface area (Å²) < 4.78 is 5.97. The quantitative estimate of drug-likeness (QED) is 0.413. The first-order valence-corrected chi connectivity index (χ1v) is 13.2. The normalized spacial score (nSPS) is 25.7. The second kappa shape index (κ2) is 7.56. The molecular weight excluding hydrogens is 382 g/mol. The van der Waals surface area contributed by atoms with Crippen molar-refractivity contribution in [2.45, 2.75) is 52.2 Å². The number of rotatable bonds is 4. The number of anilines is 1. The maximum atomic E-state index is 13.0. The van der Waals surface area contributed by atoms with Crippen molar-refractivity contribution in [1.82, 2.24) is 0 Å². The first-order chi connectivity index (χ1) is 13.4. The Morgan fingerprint density at radius 3 is 2.31 bits per heavy atom. The molecule has 0 N–H and O–H groups in total. The van der Waals surface area contributed by atoms with Gasteiger partial charge in [0.05, 0.1) is 23.4 Å². The topological polar surface area (TPSA) is 63.7 Å². The highest BCUT2D eigenvalue weighted by atomic mass is 28.4. The van der Waals surface area contributed by atoms with Crippen LogP contribution in [0.25, 0.3) is 0 Å². The second-order valence-electron chi connectivity index (χ2n) is 9.73. The van der Waals surface area contributed by atoms with E-state index in [1.807, 2.05) is 37.3 Å². The number of imide groups is 1. The monoisotopic (exact) mass is 413 g/mol. The van der Waals surface area contributed by atoms with Gasteiger partial charge in [-0.3, -0.25) is 14.4 Å². The van der Waals surface area contributed by atoms with Gasteiger partial charge in [0.2, 0.25) is 11.8 Å². The summed E-state index contributed by atoms with van der Waals surface area (Å²) in [7, 11) is -2.20. The summed E-state index contributed by atoms with van der Waals surface area (Å²) >= 11 is 0. The third-order valence-electron chi connectivity index (χ3n) is 6.76. The van der Waals surface area contributed by atoms with Gasteiger partial charge in [0, 0.05) is 0 Å². The number of carbonyl (C=O) groups is 3. The zero-order chi connectivity index (χ0) is 21.6. The molecule has 1 aromatic carbocycles. The van der Waals surface area contributed by atoms with E-state index in [2.05, 4.69) is 33.9 Å². The summed E-state index contributed by atoms with van der Waals surface area (Å²) in [4.78, 5) is 40.0. The number of hydrogen-bond donors (Lipinski definition) is 0. The number of benzene rings is 1. The SMILES string of the molecule is C[C@H](C(=O)O[Si](C)(C)C(C)(C)C)[C@H]1C=C[C@H]2C(=O)N(c3ccccc3)C(=O)[C@H]2C1. The minimum Gasteiger partial charge on any atom is -0.519 e. The molecule has 0 bridgehead atoms. The Labute approximate surface area is 174 Å². The molecule has 0 saturated carbocycles. The number of hydrogen-bond acceptors (Lipinski definition) is 4. The van der Waals surface area contributed by atoms with E-state index in [4.69, 9.17) is 4.43 Å². The predicted molar refractivity (Wildman–Crippen MR) is 116 cm³/mol. The van der Waals surface area contributed by atoms with Crippen molar-refractivity contribution in [3.05, 3.63) is 42.5 Å². The lowest BCUT2D eigenvalue weighted by Crippen LogP contribution is -2.44. The molecule has 2 aliphatic rings. The van der Waals surface area contributed by atoms with Crippen LogP contribution in [0.1, 0.15) is 34.1 Å². The molecule has 5 nitrogen and oxygen atoms in total. The van der Waals surface area contributed by atoms with Crippen molar-refractivity contribution in [3.63, 3.8) is 0 Å². The van der Waals surface area contributed by atoms with Crippen LogP contribution in [0.5, 0.6) is 0 Å². The fourth-order valence-electron chi connectivity index (χ4n) is 3.72. The standard InChI is InChI=1S/C23H31NO4Si/c1-15(22(27)28-29(5,6)23(2,3)4)16-12-13-18-19(14-16)21(26)24(20(18)25)17-10-8-7-9-11-17/h7-13,15-16,18-19H,14H2,1-6H3/t15-,16-,18+,19-/m0/s1. The van der Waals surface area contributed by atoms with Crippen molar-refractivity contribution >= 4 is 31.8 Å². The van der Waals surface area contributed by atoms with E-state index < -0.39 is 20.2 Å². The van der Waals surface area contributed by atoms with Crippen LogP contribution in [-0.4, -0.2) is 26.1 Å². The molecule has 1 aromatic rings. The Kier molecular flexibility index (Phi) is 5.60. The molecule has 0 spiro atoms. The first-order valence-electron chi connectivity index (χ1n) is 10.3. The third-order valence-corrected chi connectivity index (χ3v) is 11.1. The lowest BCUT2D eigenvalue weighted by molar-refractivity contribution is -0.141. The summed E-state index contributed by atoms with van der Waals surface area (Å²) in [6.07, 6.45) is 4.24. The fraction of sp³-hybridized carbons (Fsp3) is 0.522. The fourth-order valence-corrected chi connectivity index (χ4v) is 4.72. The maximum Gasteiger partial charge on any atom is 0.295 e. The van der Waals surface area contributed by atoms with Crippen LogP contribution in [0, 0.1) is 23.7 Å². The molecule has 1 fully saturated rings. The van der Waals surface area contributed by atoms with E-state index in [0.717, 1.165) is 0 Å². The number of para-hydroxylation sites is 1. The summed E-state index contributed by atoms with van der Waals surface area (Å²) in [5.41, 5.74) is 0.604. The molecule has 156 valence electrons. The molecule has 1 aliphatic carbocycles. The number of allylic oxidation sites excluding steroid dienone is 1. The van der Waals surface area contributed by atoms with Crippen LogP contribution in [0.2, 0.25) is 18.1 Å². The molecule has 1 heterocycles. The molecule has 3 rings (SSSR count). The average Bonchev–Trinajstić information content (AvgIpc) is 2.90. The average molecular weight is 414 g/mol. The number of nitrogens with zero attached hydrogens (tertiary/aromatic N) is 1. The highest BCUT2D eigenvalue weighted by Gasteiger charge is 2.50. The summed E-state index contributed by atoms with van der Waals surface area (Å²) in [5.74, 6) is -1.89. The lowest BCUT2D eigenvalue weighted by Gasteiger charge is -2.37. The van der Waals surface area contributed by atoms with Gasteiger partial charge < -0.3 is 4.43 Å². The van der Waals surface area contributed by atoms with Gasteiger partial charge in [-0.15, -0.1) is 0 Å². The molecule has 0 unspecified atom stereocenters. The van der Waals surface area contributed by atoms with Crippen LogP contribution >= 0.6 is 0 Å². The highest BCUT2D eigenvalue weighted by Crippen LogP contribution is 2.42. The van der Waals surface area contributed by atoms with Crippen LogP contribution in [-0.2, 0) is 18.8 Å². The van der Waals surface area contributed by atoms with Gasteiger partial charge in [0.15, 0.2) is 0 Å². The Bertz CT molecular complexity index is 840. The molecular formula is C23H31NO4Si. The molecule has 1 saturated heterocycles. The molecule has 2 amide bonds. The van der Waals surface area contributed by atoms with E-state index in [9.17, 15) is 14.4 Å². The van der Waals surface area contributed by atoms with Crippen LogP contribution < -0.4 is 4.90 Å². The van der Waals surface area contributed by atoms with Crippen LogP contribution in [0.3, 0.4) is 0 Å². The Morgan fingerprint density at radius 2 is 1.72 bits per heavy atom. The van der Waals surface area contributed by atoms with E-state index in [1.165, 1.54) is 4.90 Å². The lowest BCUT2D eigenvalue weighted by atomic mass is 9.76. The van der Waals surface area contributed by atoms with Gasteiger partial charge in [-0.05, 0) is 42.6 Å². The molecule has 0 radical (unpaired) electrons. The van der Waals surface area contributed by atoms with Gasteiger partial charge in [-0.1, -0.05) is 58.0 Å². The Hall–Kier alpha value is -2.21. The van der Waals surface area contributed by atoms with E-state index in [0.29, 0.717) is 12.1 Å². The molecule has 29 heavy (non-hydrogen) atoms. The van der Waals surface area contributed by atoms with Gasteiger partial charge in [-0.25, -0.2) is 4.90 Å². The smallest absolute Gasteiger partial charge is 0.295 e. The van der Waals surface area contributed by atoms with Crippen molar-refractivity contribution in [1.29, 1.82) is 0 Å². The Balaban J connectivity index is 1.74. The maximum absolute atomic E-state index is 13.0. The molecule has 1 aliphatic heterocycles. The molecule has 0 aromatic heterocycles. The zero-order valence-electron chi connectivity index (χ0n) is 18.1. The van der Waals surface area contributed by atoms with Gasteiger partial charge in [-0.2, -0.15) is 0 Å². The third kappa shape index (κ3) is 3.95. The summed E-state index contributed by atoms with van der Waals surface area (Å²) in [5, 5.41) is -0.0557. The molecule has 4 atom stereocenters. The van der Waals surface area contributed by atoms with Gasteiger partial charge in [0.1, 0.15) is 0 Å². The van der Waals surface area contributed by atoms with Gasteiger partial charge in [0.25, 0.3) is 14.3 Å². The summed E-state index contributed by atoms with van der Waals surface area (Å²) in [6, 6.07) is 9.03. The zero-order valence-corrected chi connectivity index (χ0v) is 19.1. The molecule has 6 heteroatoms. The van der Waals surface area contributed by atoms with Crippen LogP contribution in [0.4, 0.5) is 5.69 Å². The first kappa shape index (κ1) is 21.5. The van der Waals surface area contributed by atoms with Crippen molar-refractivity contribution < 1.29 is 18.8 Å². The van der Waals surface area contributed by atoms with E-state index in [1.54, 1.807) is 12.1 Å². The van der Waals surface area contributed by atoms with Crippen molar-refractivity contribution in [2.24, 2.45) is 23.7 Å². The van der Waals surface area contributed by atoms with E-state index in [-0.39, 0.29) is 34.7 Å². The van der Waals surface area contributed by atoms with Crippen LogP contribution in [0.15, 0.2) is 42.5 Å². The largest absolute Gasteiger partial charge is 0.519 e. The predicted octanol–water partition coefficient (Wildman–Crippen LogP) is 4.55. The Morgan fingerprint density at radius 1 is 1.10 bits per heavy atom. The number of carbonyl (C=O) groups excluding carboxylic acids is 3. The minimum atomic E-state index is -2.20. The van der Waals surface area contributed by atoms with E-state index >= 15 is 0 Å².